The molecule has 0 amide bonds. The fourth-order valence-corrected chi connectivity index (χ4v) is 4.14. The van der Waals surface area contributed by atoms with Crippen molar-refractivity contribution in [3.8, 4) is 0 Å². The van der Waals surface area contributed by atoms with Crippen LogP contribution in [-0.4, -0.2) is 66.4 Å². The molecule has 1 aromatic carbocycles. The Morgan fingerprint density at radius 2 is 2.11 bits per heavy atom. The van der Waals surface area contributed by atoms with E-state index in [-0.39, 0.29) is 0 Å². The van der Waals surface area contributed by atoms with Gasteiger partial charge in [-0.05, 0) is 30.2 Å². The van der Waals surface area contributed by atoms with Gasteiger partial charge < -0.3 is 15.5 Å². The van der Waals surface area contributed by atoms with Gasteiger partial charge in [-0.25, -0.2) is 4.98 Å². The van der Waals surface area contributed by atoms with Gasteiger partial charge in [0.15, 0.2) is 0 Å². The Labute approximate surface area is 159 Å². The molecule has 5 rings (SSSR count). The molecule has 2 fully saturated rings. The largest absolute Gasteiger partial charge is 0.340 e. The van der Waals surface area contributed by atoms with Crippen molar-refractivity contribution in [2.75, 3.05) is 49.5 Å². The van der Waals surface area contributed by atoms with Gasteiger partial charge in [0.25, 0.3) is 0 Å². The molecule has 0 aliphatic carbocycles. The first-order chi connectivity index (χ1) is 13.2. The predicted octanol–water partition coefficient (Wildman–Crippen LogP) is 1.55. The number of aryl methyl sites for hydroxylation is 1. The van der Waals surface area contributed by atoms with Crippen LogP contribution in [0.2, 0.25) is 0 Å². The van der Waals surface area contributed by atoms with Crippen molar-refractivity contribution in [1.29, 1.82) is 0 Å². The number of piperazine rings is 2. The number of aromatic nitrogens is 2. The van der Waals surface area contributed by atoms with Crippen LogP contribution < -0.4 is 15.5 Å². The molecule has 1 unspecified atom stereocenters. The SMILES string of the molecule is Cc1cc(Nc2ccc3c(c2)C=NC3)nc(N2CCN3CCNCC3C2)n1. The van der Waals surface area contributed by atoms with Crippen LogP contribution in [0.3, 0.4) is 0 Å². The Balaban J connectivity index is 1.36. The summed E-state index contributed by atoms with van der Waals surface area (Å²) in [4.78, 5) is 18.8. The van der Waals surface area contributed by atoms with Crippen LogP contribution in [-0.2, 0) is 6.54 Å². The first-order valence-corrected chi connectivity index (χ1v) is 9.70. The van der Waals surface area contributed by atoms with Crippen molar-refractivity contribution < 1.29 is 0 Å². The van der Waals surface area contributed by atoms with Gasteiger partial charge in [0.2, 0.25) is 5.95 Å². The topological polar surface area (TPSA) is 68.7 Å². The number of fused-ring (bicyclic) bond motifs is 2. The average Bonchev–Trinajstić information content (AvgIpc) is 3.15. The molecule has 2 saturated heterocycles. The summed E-state index contributed by atoms with van der Waals surface area (Å²) in [6.07, 6.45) is 1.94. The lowest BCUT2D eigenvalue weighted by molar-refractivity contribution is 0.145. The van der Waals surface area contributed by atoms with Crippen molar-refractivity contribution in [3.05, 3.63) is 41.1 Å². The summed E-state index contributed by atoms with van der Waals surface area (Å²) >= 11 is 0. The smallest absolute Gasteiger partial charge is 0.227 e. The fraction of sp³-hybridized carbons (Fsp3) is 0.450. The van der Waals surface area contributed by atoms with E-state index in [9.17, 15) is 0 Å². The number of benzene rings is 1. The quantitative estimate of drug-likeness (QED) is 0.863. The van der Waals surface area contributed by atoms with Crippen LogP contribution in [0.25, 0.3) is 0 Å². The zero-order chi connectivity index (χ0) is 18.2. The lowest BCUT2D eigenvalue weighted by Crippen LogP contribution is -2.61. The lowest BCUT2D eigenvalue weighted by Gasteiger charge is -2.44. The van der Waals surface area contributed by atoms with E-state index in [0.29, 0.717) is 6.04 Å². The average molecular weight is 363 g/mol. The van der Waals surface area contributed by atoms with Crippen LogP contribution in [0.1, 0.15) is 16.8 Å². The maximum Gasteiger partial charge on any atom is 0.227 e. The van der Waals surface area contributed by atoms with Crippen LogP contribution in [0.5, 0.6) is 0 Å². The summed E-state index contributed by atoms with van der Waals surface area (Å²) in [5, 5.41) is 6.95. The van der Waals surface area contributed by atoms with Gasteiger partial charge in [0.1, 0.15) is 5.82 Å². The second-order valence-electron chi connectivity index (χ2n) is 7.54. The lowest BCUT2D eigenvalue weighted by atomic mass is 10.1. The van der Waals surface area contributed by atoms with E-state index in [1.54, 1.807) is 0 Å². The minimum Gasteiger partial charge on any atom is -0.340 e. The number of nitrogens with one attached hydrogen (secondary N) is 2. The summed E-state index contributed by atoms with van der Waals surface area (Å²) in [6, 6.07) is 8.91. The maximum atomic E-state index is 4.81. The molecule has 2 N–H and O–H groups in total. The minimum atomic E-state index is 0.545. The number of aliphatic imine (C=N–C) groups is 1. The molecule has 3 aliphatic heterocycles. The Bertz CT molecular complexity index is 879. The third kappa shape index (κ3) is 3.40. The Hall–Kier alpha value is -2.51. The molecular formula is C20H25N7. The van der Waals surface area contributed by atoms with E-state index in [2.05, 4.69) is 43.6 Å². The molecule has 7 nitrogen and oxygen atoms in total. The standard InChI is InChI=1S/C20H25N7/c1-14-8-19(24-17-3-2-15-10-22-11-16(15)9-17)25-20(23-14)27-7-6-26-5-4-21-12-18(26)13-27/h2-3,8-9,11,18,21H,4-7,10,12-13H2,1H3,(H,23,24,25). The van der Waals surface area contributed by atoms with E-state index in [4.69, 9.17) is 9.97 Å². The summed E-state index contributed by atoms with van der Waals surface area (Å²) in [5.41, 5.74) is 4.48. The molecule has 1 atom stereocenters. The van der Waals surface area contributed by atoms with E-state index < -0.39 is 0 Å². The molecular weight excluding hydrogens is 338 g/mol. The number of hydrogen-bond donors (Lipinski definition) is 2. The summed E-state index contributed by atoms with van der Waals surface area (Å²) in [7, 11) is 0. The highest BCUT2D eigenvalue weighted by Gasteiger charge is 2.30. The van der Waals surface area contributed by atoms with Crippen molar-refractivity contribution in [3.63, 3.8) is 0 Å². The number of anilines is 3. The highest BCUT2D eigenvalue weighted by Crippen LogP contribution is 2.24. The van der Waals surface area contributed by atoms with E-state index in [1.807, 2.05) is 19.2 Å². The Kier molecular flexibility index (Phi) is 4.26. The van der Waals surface area contributed by atoms with Crippen molar-refractivity contribution in [2.45, 2.75) is 19.5 Å². The van der Waals surface area contributed by atoms with Crippen LogP contribution in [0.4, 0.5) is 17.5 Å². The molecule has 1 aromatic heterocycles. The van der Waals surface area contributed by atoms with Crippen LogP contribution in [0.15, 0.2) is 29.3 Å². The van der Waals surface area contributed by atoms with Gasteiger partial charge in [0.05, 0.1) is 6.54 Å². The summed E-state index contributed by atoms with van der Waals surface area (Å²) in [5.74, 6) is 1.67. The first-order valence-electron chi connectivity index (χ1n) is 9.70. The minimum absolute atomic E-state index is 0.545. The van der Waals surface area contributed by atoms with Gasteiger partial charge in [-0.2, -0.15) is 4.98 Å². The summed E-state index contributed by atoms with van der Waals surface area (Å²) in [6.45, 7) is 9.14. The third-order valence-electron chi connectivity index (χ3n) is 5.60. The number of hydrogen-bond acceptors (Lipinski definition) is 7. The fourth-order valence-electron chi connectivity index (χ4n) is 4.14. The third-order valence-corrected chi connectivity index (χ3v) is 5.60. The molecule has 0 radical (unpaired) electrons. The zero-order valence-corrected chi connectivity index (χ0v) is 15.6. The normalized spacial score (nSPS) is 21.8. The number of nitrogens with zero attached hydrogens (tertiary/aromatic N) is 5. The highest BCUT2D eigenvalue weighted by atomic mass is 15.4. The maximum absolute atomic E-state index is 4.81. The Morgan fingerprint density at radius 1 is 1.15 bits per heavy atom. The molecule has 7 heteroatoms. The first kappa shape index (κ1) is 16.6. The van der Waals surface area contributed by atoms with Crippen molar-refractivity contribution >= 4 is 23.7 Å². The monoisotopic (exact) mass is 363 g/mol. The van der Waals surface area contributed by atoms with E-state index in [1.165, 1.54) is 11.1 Å². The molecule has 27 heavy (non-hydrogen) atoms. The molecule has 3 aliphatic rings. The van der Waals surface area contributed by atoms with Crippen molar-refractivity contribution in [1.82, 2.24) is 20.2 Å². The molecule has 140 valence electrons. The molecule has 4 heterocycles. The predicted molar refractivity (Wildman–Crippen MR) is 108 cm³/mol. The van der Waals surface area contributed by atoms with Gasteiger partial charge in [0, 0.05) is 69.0 Å². The molecule has 0 saturated carbocycles. The highest BCUT2D eigenvalue weighted by molar-refractivity contribution is 5.86. The van der Waals surface area contributed by atoms with Crippen LogP contribution in [0, 0.1) is 6.92 Å². The van der Waals surface area contributed by atoms with Gasteiger partial charge in [-0.1, -0.05) is 6.07 Å². The zero-order valence-electron chi connectivity index (χ0n) is 15.6. The van der Waals surface area contributed by atoms with Gasteiger partial charge >= 0.3 is 0 Å². The van der Waals surface area contributed by atoms with Gasteiger partial charge in [-0.15, -0.1) is 0 Å². The van der Waals surface area contributed by atoms with E-state index >= 15 is 0 Å². The number of rotatable bonds is 3. The second kappa shape index (κ2) is 6.90. The molecule has 0 spiro atoms. The second-order valence-corrected chi connectivity index (χ2v) is 7.54. The molecule has 0 bridgehead atoms. The summed E-state index contributed by atoms with van der Waals surface area (Å²) < 4.78 is 0. The van der Waals surface area contributed by atoms with Gasteiger partial charge in [-0.3, -0.25) is 9.89 Å². The Morgan fingerprint density at radius 3 is 3.07 bits per heavy atom. The molecule has 2 aromatic rings. The van der Waals surface area contributed by atoms with Crippen LogP contribution >= 0.6 is 0 Å². The van der Waals surface area contributed by atoms with E-state index in [0.717, 1.165) is 69.0 Å². The van der Waals surface area contributed by atoms with Crippen molar-refractivity contribution in [2.24, 2.45) is 4.99 Å².